The molecule has 0 aromatic carbocycles. The van der Waals surface area contributed by atoms with E-state index in [0.717, 1.165) is 19.3 Å². The summed E-state index contributed by atoms with van der Waals surface area (Å²) in [4.78, 5) is 10.5. The standard InChI is InChI=1S/C9H18N2O2/c1-7-3-2-4-9(13,5-7)6-11-8(10)12/h7,13H,2-6H2,1H3,(H3,10,11,12). The molecule has 0 aromatic heterocycles. The number of carbonyl (C=O) groups is 1. The number of urea groups is 1. The second-order valence-electron chi connectivity index (χ2n) is 4.14. The molecule has 1 rings (SSSR count). The minimum Gasteiger partial charge on any atom is -0.388 e. The Bertz CT molecular complexity index is 196. The largest absolute Gasteiger partial charge is 0.388 e. The van der Waals surface area contributed by atoms with Crippen LogP contribution in [0.5, 0.6) is 0 Å². The van der Waals surface area contributed by atoms with Crippen molar-refractivity contribution >= 4 is 6.03 Å². The van der Waals surface area contributed by atoms with Crippen molar-refractivity contribution in [1.29, 1.82) is 0 Å². The second-order valence-corrected chi connectivity index (χ2v) is 4.14. The Balaban J connectivity index is 2.39. The molecule has 2 amide bonds. The normalized spacial score (nSPS) is 34.2. The van der Waals surface area contributed by atoms with Crippen molar-refractivity contribution in [2.75, 3.05) is 6.54 Å². The predicted molar refractivity (Wildman–Crippen MR) is 50.2 cm³/mol. The van der Waals surface area contributed by atoms with E-state index in [9.17, 15) is 9.90 Å². The van der Waals surface area contributed by atoms with Crippen LogP contribution < -0.4 is 11.1 Å². The zero-order chi connectivity index (χ0) is 9.90. The maximum Gasteiger partial charge on any atom is 0.312 e. The van der Waals surface area contributed by atoms with E-state index in [2.05, 4.69) is 12.2 Å². The van der Waals surface area contributed by atoms with Crippen molar-refractivity contribution in [1.82, 2.24) is 5.32 Å². The third-order valence-electron chi connectivity index (χ3n) is 2.66. The van der Waals surface area contributed by atoms with Crippen LogP contribution in [-0.2, 0) is 0 Å². The third kappa shape index (κ3) is 3.22. The summed E-state index contributed by atoms with van der Waals surface area (Å²) in [7, 11) is 0. The van der Waals surface area contributed by atoms with Crippen LogP contribution in [0.3, 0.4) is 0 Å². The molecule has 1 saturated carbocycles. The first-order chi connectivity index (χ1) is 6.02. The van der Waals surface area contributed by atoms with E-state index < -0.39 is 11.6 Å². The Kier molecular flexibility index (Phi) is 3.14. The molecule has 0 spiro atoms. The van der Waals surface area contributed by atoms with E-state index in [4.69, 9.17) is 5.73 Å². The van der Waals surface area contributed by atoms with Crippen LogP contribution in [0.4, 0.5) is 4.79 Å². The molecule has 0 radical (unpaired) electrons. The molecule has 0 heterocycles. The van der Waals surface area contributed by atoms with Crippen molar-refractivity contribution in [2.24, 2.45) is 11.7 Å². The fourth-order valence-electron chi connectivity index (χ4n) is 2.04. The van der Waals surface area contributed by atoms with Crippen molar-refractivity contribution in [3.05, 3.63) is 0 Å². The molecule has 76 valence electrons. The SMILES string of the molecule is CC1CCCC(O)(CNC(N)=O)C1. The van der Waals surface area contributed by atoms with Gasteiger partial charge in [-0.2, -0.15) is 0 Å². The molecule has 0 bridgehead atoms. The van der Waals surface area contributed by atoms with E-state index >= 15 is 0 Å². The van der Waals surface area contributed by atoms with Crippen molar-refractivity contribution in [2.45, 2.75) is 38.2 Å². The lowest BCUT2D eigenvalue weighted by atomic mass is 9.79. The van der Waals surface area contributed by atoms with Gasteiger partial charge in [-0.05, 0) is 18.8 Å². The summed E-state index contributed by atoms with van der Waals surface area (Å²) >= 11 is 0. The van der Waals surface area contributed by atoms with Gasteiger partial charge in [-0.15, -0.1) is 0 Å². The number of aliphatic hydroxyl groups is 1. The number of amides is 2. The highest BCUT2D eigenvalue weighted by Gasteiger charge is 2.32. The number of rotatable bonds is 2. The van der Waals surface area contributed by atoms with E-state index in [-0.39, 0.29) is 6.54 Å². The van der Waals surface area contributed by atoms with Gasteiger partial charge in [-0.1, -0.05) is 19.8 Å². The molecule has 1 aliphatic carbocycles. The highest BCUT2D eigenvalue weighted by Crippen LogP contribution is 2.31. The summed E-state index contributed by atoms with van der Waals surface area (Å²) < 4.78 is 0. The van der Waals surface area contributed by atoms with Crippen molar-refractivity contribution < 1.29 is 9.90 Å². The lowest BCUT2D eigenvalue weighted by Crippen LogP contribution is -2.47. The molecule has 4 nitrogen and oxygen atoms in total. The van der Waals surface area contributed by atoms with Crippen LogP contribution in [0, 0.1) is 5.92 Å². The van der Waals surface area contributed by atoms with Gasteiger partial charge in [0.2, 0.25) is 0 Å². The fourth-order valence-corrected chi connectivity index (χ4v) is 2.04. The third-order valence-corrected chi connectivity index (χ3v) is 2.66. The van der Waals surface area contributed by atoms with Crippen LogP contribution in [0.15, 0.2) is 0 Å². The molecule has 2 unspecified atom stereocenters. The average Bonchev–Trinajstić information content (AvgIpc) is 2.01. The first kappa shape index (κ1) is 10.3. The first-order valence-corrected chi connectivity index (χ1v) is 4.77. The highest BCUT2D eigenvalue weighted by atomic mass is 16.3. The van der Waals surface area contributed by atoms with E-state index in [1.165, 1.54) is 6.42 Å². The molecule has 13 heavy (non-hydrogen) atoms. The van der Waals surface area contributed by atoms with Crippen molar-refractivity contribution in [3.63, 3.8) is 0 Å². The smallest absolute Gasteiger partial charge is 0.312 e. The molecule has 1 fully saturated rings. The summed E-state index contributed by atoms with van der Waals surface area (Å²) in [5.41, 5.74) is 4.21. The molecule has 0 aromatic rings. The van der Waals surface area contributed by atoms with E-state index in [1.54, 1.807) is 0 Å². The molecule has 2 atom stereocenters. The molecule has 1 aliphatic rings. The summed E-state index contributed by atoms with van der Waals surface area (Å²) in [5, 5.41) is 12.5. The maximum atomic E-state index is 10.5. The van der Waals surface area contributed by atoms with Crippen LogP contribution >= 0.6 is 0 Å². The Labute approximate surface area is 78.5 Å². The fraction of sp³-hybridized carbons (Fsp3) is 0.889. The summed E-state index contributed by atoms with van der Waals surface area (Å²) in [5.74, 6) is 0.536. The number of nitrogens with two attached hydrogens (primary N) is 1. The number of nitrogens with one attached hydrogen (secondary N) is 1. The molecular weight excluding hydrogens is 168 g/mol. The van der Waals surface area contributed by atoms with Crippen molar-refractivity contribution in [3.8, 4) is 0 Å². The number of hydrogen-bond donors (Lipinski definition) is 3. The quantitative estimate of drug-likeness (QED) is 0.590. The van der Waals surface area contributed by atoms with Gasteiger partial charge in [0, 0.05) is 6.54 Å². The molecular formula is C9H18N2O2. The topological polar surface area (TPSA) is 75.3 Å². The highest BCUT2D eigenvalue weighted by molar-refractivity contribution is 5.71. The Hall–Kier alpha value is -0.770. The molecule has 0 saturated heterocycles. The van der Waals surface area contributed by atoms with Gasteiger partial charge in [0.1, 0.15) is 0 Å². The van der Waals surface area contributed by atoms with Gasteiger partial charge in [-0.3, -0.25) is 0 Å². The monoisotopic (exact) mass is 186 g/mol. The number of carbonyl (C=O) groups excluding carboxylic acids is 1. The van der Waals surface area contributed by atoms with Crippen LogP contribution in [0.2, 0.25) is 0 Å². The summed E-state index contributed by atoms with van der Waals surface area (Å²) in [6.45, 7) is 2.40. The van der Waals surface area contributed by atoms with Crippen LogP contribution in [0.25, 0.3) is 0 Å². The molecule has 4 N–H and O–H groups in total. The molecule has 4 heteroatoms. The minimum atomic E-state index is -0.729. The van der Waals surface area contributed by atoms with E-state index in [1.807, 2.05) is 0 Å². The Morgan fingerprint density at radius 3 is 3.00 bits per heavy atom. The average molecular weight is 186 g/mol. The predicted octanol–water partition coefficient (Wildman–Crippen LogP) is 0.596. The Morgan fingerprint density at radius 1 is 1.77 bits per heavy atom. The van der Waals surface area contributed by atoms with E-state index in [0.29, 0.717) is 5.92 Å². The zero-order valence-corrected chi connectivity index (χ0v) is 8.05. The minimum absolute atomic E-state index is 0.284. The summed E-state index contributed by atoms with van der Waals surface area (Å²) in [6.07, 6.45) is 3.71. The van der Waals surface area contributed by atoms with Gasteiger partial charge in [-0.25, -0.2) is 4.79 Å². The van der Waals surface area contributed by atoms with Gasteiger partial charge < -0.3 is 16.2 Å². The number of hydrogen-bond acceptors (Lipinski definition) is 2. The molecule has 0 aliphatic heterocycles. The zero-order valence-electron chi connectivity index (χ0n) is 8.05. The number of primary amides is 1. The van der Waals surface area contributed by atoms with Gasteiger partial charge in [0.15, 0.2) is 0 Å². The van der Waals surface area contributed by atoms with Crippen LogP contribution in [-0.4, -0.2) is 23.3 Å². The first-order valence-electron chi connectivity index (χ1n) is 4.77. The van der Waals surface area contributed by atoms with Crippen LogP contribution in [0.1, 0.15) is 32.6 Å². The van der Waals surface area contributed by atoms with Gasteiger partial charge in [0.05, 0.1) is 5.60 Å². The van der Waals surface area contributed by atoms with Gasteiger partial charge in [0.25, 0.3) is 0 Å². The Morgan fingerprint density at radius 2 is 2.46 bits per heavy atom. The van der Waals surface area contributed by atoms with Gasteiger partial charge >= 0.3 is 6.03 Å². The second kappa shape index (κ2) is 3.96. The summed E-state index contributed by atoms with van der Waals surface area (Å²) in [6, 6.07) is -0.563. The lowest BCUT2D eigenvalue weighted by molar-refractivity contribution is -0.00931. The lowest BCUT2D eigenvalue weighted by Gasteiger charge is -2.35. The maximum absolute atomic E-state index is 10.5.